The Morgan fingerprint density at radius 3 is 2.83 bits per heavy atom. The lowest BCUT2D eigenvalue weighted by atomic mass is 10.1. The van der Waals surface area contributed by atoms with Crippen LogP contribution in [0, 0.1) is 0 Å². The smallest absolute Gasteiger partial charge is 0.0682 e. The van der Waals surface area contributed by atoms with Crippen molar-refractivity contribution in [2.75, 3.05) is 19.6 Å². The molecule has 0 amide bonds. The highest BCUT2D eigenvalue weighted by Crippen LogP contribution is 2.28. The maximum atomic E-state index is 9.96. The van der Waals surface area contributed by atoms with Gasteiger partial charge in [0.05, 0.1) is 6.10 Å². The Hall–Kier alpha value is -1.36. The van der Waals surface area contributed by atoms with Crippen LogP contribution in [0.15, 0.2) is 30.5 Å². The zero-order chi connectivity index (χ0) is 16.7. The van der Waals surface area contributed by atoms with Crippen molar-refractivity contribution in [3.63, 3.8) is 0 Å². The minimum atomic E-state index is -0.131. The number of hydrogen-bond acceptors (Lipinski definition) is 3. The summed E-state index contributed by atoms with van der Waals surface area (Å²) in [5, 5.41) is 11.4. The molecule has 4 rings (SSSR count). The van der Waals surface area contributed by atoms with Crippen molar-refractivity contribution in [2.45, 2.75) is 58.0 Å². The molecular formula is C20H29N3O. The maximum absolute atomic E-state index is 9.96. The van der Waals surface area contributed by atoms with Gasteiger partial charge in [-0.3, -0.25) is 9.80 Å². The fourth-order valence-corrected chi connectivity index (χ4v) is 4.59. The van der Waals surface area contributed by atoms with Crippen LogP contribution in [-0.4, -0.2) is 57.3 Å². The molecule has 0 radical (unpaired) electrons. The second-order valence-corrected chi connectivity index (χ2v) is 7.64. The van der Waals surface area contributed by atoms with E-state index in [0.29, 0.717) is 12.1 Å². The van der Waals surface area contributed by atoms with Crippen molar-refractivity contribution in [1.82, 2.24) is 14.4 Å². The van der Waals surface area contributed by atoms with Gasteiger partial charge in [-0.15, -0.1) is 0 Å². The molecule has 2 saturated heterocycles. The van der Waals surface area contributed by atoms with Gasteiger partial charge in [0.25, 0.3) is 0 Å². The first kappa shape index (κ1) is 16.1. The molecule has 130 valence electrons. The van der Waals surface area contributed by atoms with Crippen molar-refractivity contribution < 1.29 is 5.11 Å². The molecule has 2 aliphatic rings. The van der Waals surface area contributed by atoms with Crippen LogP contribution in [0.2, 0.25) is 0 Å². The molecule has 3 atom stereocenters. The highest BCUT2D eigenvalue weighted by molar-refractivity contribution is 5.83. The van der Waals surface area contributed by atoms with E-state index in [0.717, 1.165) is 45.6 Å². The highest BCUT2D eigenvalue weighted by atomic mass is 16.3. The van der Waals surface area contributed by atoms with E-state index in [-0.39, 0.29) is 6.10 Å². The molecule has 2 aliphatic heterocycles. The van der Waals surface area contributed by atoms with Crippen LogP contribution in [-0.2, 0) is 13.1 Å². The standard InChI is InChI=1S/C20H29N3O/c1-3-8-21-11-16(19-6-4-5-7-20(19)21)12-22-13-17-9-18(24)14-23(17)10-15(22)2/h4-7,11,15,17-18,24H,3,8-10,12-14H2,1-2H3/t15-,17?,18+/m0/s1. The first-order valence-corrected chi connectivity index (χ1v) is 9.38. The van der Waals surface area contributed by atoms with Crippen molar-refractivity contribution in [3.8, 4) is 0 Å². The van der Waals surface area contributed by atoms with Gasteiger partial charge in [-0.25, -0.2) is 0 Å². The Kier molecular flexibility index (Phi) is 4.37. The predicted octanol–water partition coefficient (Wildman–Crippen LogP) is 2.69. The number of nitrogens with zero attached hydrogens (tertiary/aromatic N) is 3. The lowest BCUT2D eigenvalue weighted by Gasteiger charge is -2.42. The fraction of sp³-hybridized carbons (Fsp3) is 0.600. The summed E-state index contributed by atoms with van der Waals surface area (Å²) in [6.45, 7) is 9.67. The summed E-state index contributed by atoms with van der Waals surface area (Å²) >= 11 is 0. The van der Waals surface area contributed by atoms with Crippen LogP contribution in [0.1, 0.15) is 32.3 Å². The van der Waals surface area contributed by atoms with Gasteiger partial charge in [-0.2, -0.15) is 0 Å². The normalized spacial score (nSPS) is 28.5. The van der Waals surface area contributed by atoms with E-state index < -0.39 is 0 Å². The summed E-state index contributed by atoms with van der Waals surface area (Å²) < 4.78 is 2.41. The Balaban J connectivity index is 1.58. The molecule has 0 spiro atoms. The molecule has 2 fully saturated rings. The monoisotopic (exact) mass is 327 g/mol. The molecule has 1 aromatic heterocycles. The Labute approximate surface area is 144 Å². The largest absolute Gasteiger partial charge is 0.392 e. The topological polar surface area (TPSA) is 31.6 Å². The van der Waals surface area contributed by atoms with Crippen LogP contribution in [0.4, 0.5) is 0 Å². The minimum absolute atomic E-state index is 0.131. The Morgan fingerprint density at radius 2 is 2.00 bits per heavy atom. The van der Waals surface area contributed by atoms with Gasteiger partial charge in [-0.1, -0.05) is 25.1 Å². The number of hydrogen-bond donors (Lipinski definition) is 1. The van der Waals surface area contributed by atoms with Crippen LogP contribution >= 0.6 is 0 Å². The van der Waals surface area contributed by atoms with Crippen LogP contribution in [0.5, 0.6) is 0 Å². The van der Waals surface area contributed by atoms with Crippen molar-refractivity contribution >= 4 is 10.9 Å². The predicted molar refractivity (Wildman–Crippen MR) is 98.1 cm³/mol. The van der Waals surface area contributed by atoms with Crippen molar-refractivity contribution in [3.05, 3.63) is 36.0 Å². The molecule has 0 aliphatic carbocycles. The second kappa shape index (κ2) is 6.51. The third-order valence-corrected chi connectivity index (χ3v) is 5.78. The summed E-state index contributed by atoms with van der Waals surface area (Å²) in [6.07, 6.45) is 4.32. The molecule has 0 bridgehead atoms. The van der Waals surface area contributed by atoms with Gasteiger partial charge in [-0.05, 0) is 31.4 Å². The number of benzene rings is 1. The number of piperazine rings is 1. The molecule has 1 aromatic carbocycles. The summed E-state index contributed by atoms with van der Waals surface area (Å²) in [7, 11) is 0. The fourth-order valence-electron chi connectivity index (χ4n) is 4.59. The number of fused-ring (bicyclic) bond motifs is 2. The van der Waals surface area contributed by atoms with Gasteiger partial charge in [0.15, 0.2) is 0 Å². The van der Waals surface area contributed by atoms with Gasteiger partial charge >= 0.3 is 0 Å². The zero-order valence-electron chi connectivity index (χ0n) is 14.9. The summed E-state index contributed by atoms with van der Waals surface area (Å²) in [4.78, 5) is 5.09. The number of aliphatic hydroxyl groups excluding tert-OH is 1. The third-order valence-electron chi connectivity index (χ3n) is 5.78. The number of aryl methyl sites for hydroxylation is 1. The summed E-state index contributed by atoms with van der Waals surface area (Å²) in [6, 6.07) is 9.86. The number of aliphatic hydroxyl groups is 1. The Morgan fingerprint density at radius 1 is 1.17 bits per heavy atom. The highest BCUT2D eigenvalue weighted by Gasteiger charge is 2.38. The molecule has 4 nitrogen and oxygen atoms in total. The van der Waals surface area contributed by atoms with Crippen molar-refractivity contribution in [2.24, 2.45) is 0 Å². The van der Waals surface area contributed by atoms with Gasteiger partial charge < -0.3 is 9.67 Å². The molecule has 1 N–H and O–H groups in total. The number of rotatable bonds is 4. The quantitative estimate of drug-likeness (QED) is 0.937. The molecule has 2 aromatic rings. The minimum Gasteiger partial charge on any atom is -0.392 e. The van der Waals surface area contributed by atoms with Crippen LogP contribution in [0.3, 0.4) is 0 Å². The van der Waals surface area contributed by atoms with Crippen LogP contribution in [0.25, 0.3) is 10.9 Å². The van der Waals surface area contributed by atoms with E-state index >= 15 is 0 Å². The van der Waals surface area contributed by atoms with Gasteiger partial charge in [0.1, 0.15) is 0 Å². The number of para-hydroxylation sites is 1. The number of aromatic nitrogens is 1. The average Bonchev–Trinajstić information content (AvgIpc) is 3.09. The van der Waals surface area contributed by atoms with Gasteiger partial charge in [0, 0.05) is 61.9 Å². The molecule has 0 saturated carbocycles. The average molecular weight is 327 g/mol. The lowest BCUT2D eigenvalue weighted by molar-refractivity contribution is 0.0531. The van der Waals surface area contributed by atoms with Crippen LogP contribution < -0.4 is 0 Å². The first-order valence-electron chi connectivity index (χ1n) is 9.38. The third kappa shape index (κ3) is 2.87. The second-order valence-electron chi connectivity index (χ2n) is 7.64. The molecular weight excluding hydrogens is 298 g/mol. The van der Waals surface area contributed by atoms with Crippen molar-refractivity contribution in [1.29, 1.82) is 0 Å². The molecule has 3 heterocycles. The van der Waals surface area contributed by atoms with E-state index in [1.54, 1.807) is 0 Å². The zero-order valence-corrected chi connectivity index (χ0v) is 14.9. The van der Waals surface area contributed by atoms with E-state index in [2.05, 4.69) is 58.7 Å². The molecule has 1 unspecified atom stereocenters. The molecule has 24 heavy (non-hydrogen) atoms. The maximum Gasteiger partial charge on any atom is 0.0682 e. The first-order chi connectivity index (χ1) is 11.7. The Bertz CT molecular complexity index is 710. The lowest BCUT2D eigenvalue weighted by Crippen LogP contribution is -2.54. The van der Waals surface area contributed by atoms with E-state index in [1.807, 2.05) is 0 Å². The summed E-state index contributed by atoms with van der Waals surface area (Å²) in [5.74, 6) is 0. The van der Waals surface area contributed by atoms with E-state index in [4.69, 9.17) is 0 Å². The summed E-state index contributed by atoms with van der Waals surface area (Å²) in [5.41, 5.74) is 2.80. The van der Waals surface area contributed by atoms with E-state index in [1.165, 1.54) is 16.5 Å². The van der Waals surface area contributed by atoms with Gasteiger partial charge in [0.2, 0.25) is 0 Å². The molecule has 4 heteroatoms. The SMILES string of the molecule is CCCn1cc(CN2CC3C[C@@H](O)CN3C[C@@H]2C)c2ccccc21. The van der Waals surface area contributed by atoms with E-state index in [9.17, 15) is 5.11 Å².